The molecule has 0 N–H and O–H groups in total. The lowest BCUT2D eigenvalue weighted by atomic mass is 10.1. The molecule has 0 radical (unpaired) electrons. The first-order valence-electron chi connectivity index (χ1n) is 6.50. The molecule has 7 heteroatoms. The molecule has 0 saturated carbocycles. The summed E-state index contributed by atoms with van der Waals surface area (Å²) >= 11 is 7.63. The molecule has 2 heterocycles. The zero-order valence-electron chi connectivity index (χ0n) is 11.7. The van der Waals surface area contributed by atoms with E-state index in [9.17, 15) is 8.42 Å². The van der Waals surface area contributed by atoms with Gasteiger partial charge in [0.1, 0.15) is 0 Å². The minimum atomic E-state index is -3.22. The van der Waals surface area contributed by atoms with Gasteiger partial charge in [-0.3, -0.25) is 4.90 Å². The molecule has 1 aromatic heterocycles. The molecule has 1 aliphatic rings. The van der Waals surface area contributed by atoms with Crippen LogP contribution in [0.25, 0.3) is 0 Å². The monoisotopic (exact) mass is 342 g/mol. The van der Waals surface area contributed by atoms with Gasteiger partial charge >= 0.3 is 0 Å². The molecule has 21 heavy (non-hydrogen) atoms. The number of hydrogen-bond acceptors (Lipinski definition) is 5. The van der Waals surface area contributed by atoms with E-state index >= 15 is 0 Å². The van der Waals surface area contributed by atoms with Gasteiger partial charge < -0.3 is 0 Å². The number of benzene rings is 1. The lowest BCUT2D eigenvalue weighted by Gasteiger charge is -2.23. The fraction of sp³-hybridized carbons (Fsp3) is 0.357. The predicted molar refractivity (Wildman–Crippen MR) is 84.6 cm³/mol. The molecule has 1 atom stereocenters. The van der Waals surface area contributed by atoms with Crippen LogP contribution in [0.2, 0.25) is 5.02 Å². The van der Waals surface area contributed by atoms with E-state index in [1.165, 1.54) is 0 Å². The van der Waals surface area contributed by atoms with E-state index in [1.807, 2.05) is 19.5 Å². The summed E-state index contributed by atoms with van der Waals surface area (Å²) in [6.45, 7) is 2.65. The van der Waals surface area contributed by atoms with Gasteiger partial charge in [-0.05, 0) is 37.7 Å². The number of fused-ring (bicyclic) bond motifs is 1. The van der Waals surface area contributed by atoms with Crippen LogP contribution < -0.4 is 0 Å². The highest BCUT2D eigenvalue weighted by atomic mass is 35.5. The van der Waals surface area contributed by atoms with Crippen molar-refractivity contribution in [1.29, 1.82) is 0 Å². The van der Waals surface area contributed by atoms with E-state index in [1.54, 1.807) is 29.5 Å². The summed E-state index contributed by atoms with van der Waals surface area (Å²) in [7, 11) is -1.28. The lowest BCUT2D eigenvalue weighted by Crippen LogP contribution is -2.25. The van der Waals surface area contributed by atoms with Gasteiger partial charge in [0.2, 0.25) is 0 Å². The Balaban J connectivity index is 1.94. The number of sulfone groups is 1. The van der Waals surface area contributed by atoms with Crippen molar-refractivity contribution in [2.24, 2.45) is 0 Å². The Morgan fingerprint density at radius 2 is 2.24 bits per heavy atom. The number of aromatic nitrogens is 1. The average Bonchev–Trinajstić information content (AvgIpc) is 2.92. The summed E-state index contributed by atoms with van der Waals surface area (Å²) in [5.74, 6) is 0.108. The van der Waals surface area contributed by atoms with Gasteiger partial charge in [-0.1, -0.05) is 11.6 Å². The van der Waals surface area contributed by atoms with Crippen molar-refractivity contribution in [2.75, 3.05) is 12.8 Å². The highest BCUT2D eigenvalue weighted by molar-refractivity contribution is 7.91. The maximum atomic E-state index is 12.3. The Labute approximate surface area is 133 Å². The molecule has 0 spiro atoms. The second-order valence-electron chi connectivity index (χ2n) is 5.26. The highest BCUT2D eigenvalue weighted by Gasteiger charge is 2.37. The van der Waals surface area contributed by atoms with Crippen LogP contribution in [0.1, 0.15) is 22.2 Å². The fourth-order valence-electron chi connectivity index (χ4n) is 2.63. The van der Waals surface area contributed by atoms with Crippen molar-refractivity contribution in [3.63, 3.8) is 0 Å². The minimum absolute atomic E-state index is 0.108. The zero-order valence-corrected chi connectivity index (χ0v) is 14.1. The van der Waals surface area contributed by atoms with Crippen molar-refractivity contribution < 1.29 is 8.42 Å². The Morgan fingerprint density at radius 3 is 2.90 bits per heavy atom. The van der Waals surface area contributed by atoms with Crippen LogP contribution in [-0.4, -0.2) is 31.1 Å². The van der Waals surface area contributed by atoms with E-state index in [2.05, 4.69) is 9.88 Å². The fourth-order valence-corrected chi connectivity index (χ4v) is 5.51. The lowest BCUT2D eigenvalue weighted by molar-refractivity contribution is 0.258. The molecular formula is C14H15ClN2O2S2. The third kappa shape index (κ3) is 2.73. The van der Waals surface area contributed by atoms with E-state index in [-0.39, 0.29) is 11.8 Å². The average molecular weight is 343 g/mol. The first-order chi connectivity index (χ1) is 9.88. The number of hydrogen-bond donors (Lipinski definition) is 0. The van der Waals surface area contributed by atoms with Crippen molar-refractivity contribution in [3.05, 3.63) is 44.9 Å². The molecule has 1 aromatic carbocycles. The highest BCUT2D eigenvalue weighted by Crippen LogP contribution is 2.38. The normalized spacial score (nSPS) is 19.9. The number of halogens is 1. The molecule has 0 fully saturated rings. The van der Waals surface area contributed by atoms with Gasteiger partial charge in [-0.25, -0.2) is 13.4 Å². The molecule has 0 saturated heterocycles. The molecule has 1 aliphatic heterocycles. The number of thiazole rings is 1. The molecule has 4 nitrogen and oxygen atoms in total. The van der Waals surface area contributed by atoms with E-state index < -0.39 is 9.84 Å². The van der Waals surface area contributed by atoms with Crippen LogP contribution in [0.5, 0.6) is 0 Å². The van der Waals surface area contributed by atoms with E-state index in [0.29, 0.717) is 16.5 Å². The summed E-state index contributed by atoms with van der Waals surface area (Å²) in [6.07, 6.45) is 0. The summed E-state index contributed by atoms with van der Waals surface area (Å²) in [5.41, 5.74) is 3.61. The largest absolute Gasteiger partial charge is 0.293 e. The maximum absolute atomic E-state index is 12.3. The van der Waals surface area contributed by atoms with Crippen LogP contribution in [0.15, 0.2) is 28.6 Å². The second kappa shape index (κ2) is 5.35. The molecule has 3 rings (SSSR count). The predicted octanol–water partition coefficient (Wildman–Crippen LogP) is 3.07. The summed E-state index contributed by atoms with van der Waals surface area (Å²) in [6, 6.07) is 4.85. The van der Waals surface area contributed by atoms with Crippen molar-refractivity contribution >= 4 is 32.8 Å². The Hall–Kier alpha value is -0.950. The molecule has 0 amide bonds. The van der Waals surface area contributed by atoms with Gasteiger partial charge in [0.05, 0.1) is 27.9 Å². The quantitative estimate of drug-likeness (QED) is 0.860. The molecule has 0 unspecified atom stereocenters. The van der Waals surface area contributed by atoms with Gasteiger partial charge in [0, 0.05) is 16.4 Å². The zero-order chi connectivity index (χ0) is 15.2. The van der Waals surface area contributed by atoms with Gasteiger partial charge in [0.15, 0.2) is 9.84 Å². The van der Waals surface area contributed by atoms with E-state index in [4.69, 9.17) is 11.6 Å². The molecule has 112 valence electrons. The summed E-state index contributed by atoms with van der Waals surface area (Å²) < 4.78 is 24.5. The number of rotatable bonds is 3. The third-order valence-electron chi connectivity index (χ3n) is 3.81. The van der Waals surface area contributed by atoms with Crippen LogP contribution in [0, 0.1) is 6.92 Å². The summed E-state index contributed by atoms with van der Waals surface area (Å²) in [4.78, 5) is 7.86. The number of nitrogens with zero attached hydrogens (tertiary/aromatic N) is 2. The van der Waals surface area contributed by atoms with Gasteiger partial charge in [0.25, 0.3) is 0 Å². The molecular weight excluding hydrogens is 328 g/mol. The number of aryl methyl sites for hydroxylation is 1. The van der Waals surface area contributed by atoms with E-state index in [0.717, 1.165) is 16.1 Å². The Kier molecular flexibility index (Phi) is 3.81. The third-order valence-corrected chi connectivity index (χ3v) is 6.76. The van der Waals surface area contributed by atoms with Crippen LogP contribution in [0.3, 0.4) is 0 Å². The van der Waals surface area contributed by atoms with Crippen LogP contribution >= 0.6 is 22.9 Å². The summed E-state index contributed by atoms with van der Waals surface area (Å²) in [5, 5.41) is 0.568. The van der Waals surface area contributed by atoms with Crippen molar-refractivity contribution in [1.82, 2.24) is 9.88 Å². The molecule has 2 aromatic rings. The Bertz CT molecular complexity index is 786. The Morgan fingerprint density at radius 1 is 1.48 bits per heavy atom. The topological polar surface area (TPSA) is 50.3 Å². The maximum Gasteiger partial charge on any atom is 0.180 e. The second-order valence-corrected chi connectivity index (χ2v) is 8.63. The minimum Gasteiger partial charge on any atom is -0.293 e. The van der Waals surface area contributed by atoms with Crippen molar-refractivity contribution in [3.8, 4) is 0 Å². The van der Waals surface area contributed by atoms with Gasteiger partial charge in [-0.15, -0.1) is 11.3 Å². The molecule has 0 bridgehead atoms. The van der Waals surface area contributed by atoms with Gasteiger partial charge in [-0.2, -0.15) is 0 Å². The van der Waals surface area contributed by atoms with Crippen molar-refractivity contribution in [2.45, 2.75) is 24.4 Å². The van der Waals surface area contributed by atoms with Crippen LogP contribution in [-0.2, 0) is 16.4 Å². The first-order valence-corrected chi connectivity index (χ1v) is 9.41. The van der Waals surface area contributed by atoms with Crippen LogP contribution in [0.4, 0.5) is 0 Å². The standard InChI is InChI=1S/C14H15ClN2O2S2/c1-9-13(20-8-16-9)6-17(2)12-7-21(18,19)14-4-3-10(15)5-11(12)14/h3-5,8,12H,6-7H2,1-2H3/t12-/m1/s1. The molecule has 0 aliphatic carbocycles. The smallest absolute Gasteiger partial charge is 0.180 e. The first kappa shape index (κ1) is 15.0. The SMILES string of the molecule is Cc1ncsc1CN(C)[C@@H]1CS(=O)(=O)c2ccc(Cl)cc21.